The minimum absolute atomic E-state index is 0.162. The van der Waals surface area contributed by atoms with Crippen molar-refractivity contribution in [2.24, 2.45) is 0 Å². The molecule has 7 nitrogen and oxygen atoms in total. The molecule has 166 valence electrons. The Kier molecular flexibility index (Phi) is 7.47. The van der Waals surface area contributed by atoms with Crippen LogP contribution in [0.4, 0.5) is 17.2 Å². The first-order valence-corrected chi connectivity index (χ1v) is 11.4. The van der Waals surface area contributed by atoms with Crippen molar-refractivity contribution >= 4 is 49.9 Å². The smallest absolute Gasteiger partial charge is 0.248 e. The van der Waals surface area contributed by atoms with E-state index in [9.17, 15) is 4.79 Å². The van der Waals surface area contributed by atoms with Gasteiger partial charge in [-0.2, -0.15) is 0 Å². The van der Waals surface area contributed by atoms with Crippen LogP contribution in [0.1, 0.15) is 12.8 Å². The van der Waals surface area contributed by atoms with Gasteiger partial charge in [0.1, 0.15) is 12.1 Å². The maximum atomic E-state index is 12.4. The van der Waals surface area contributed by atoms with E-state index in [4.69, 9.17) is 4.74 Å². The van der Waals surface area contributed by atoms with Gasteiger partial charge in [-0.05, 0) is 55.8 Å². The van der Waals surface area contributed by atoms with Crippen LogP contribution in [0, 0.1) is 0 Å². The van der Waals surface area contributed by atoms with Gasteiger partial charge in [0.25, 0.3) is 0 Å². The van der Waals surface area contributed by atoms with Crippen molar-refractivity contribution in [1.29, 1.82) is 0 Å². The first-order chi connectivity index (χ1) is 15.6. The Morgan fingerprint density at radius 3 is 3.00 bits per heavy atom. The molecule has 2 aromatic carbocycles. The van der Waals surface area contributed by atoms with E-state index < -0.39 is 0 Å². The fourth-order valence-electron chi connectivity index (χ4n) is 3.93. The van der Waals surface area contributed by atoms with Gasteiger partial charge in [-0.1, -0.05) is 28.1 Å². The molecule has 1 fully saturated rings. The predicted octanol–water partition coefficient (Wildman–Crippen LogP) is 4.74. The Morgan fingerprint density at radius 2 is 2.16 bits per heavy atom. The first-order valence-electron chi connectivity index (χ1n) is 10.6. The molecule has 0 bridgehead atoms. The average molecular weight is 496 g/mol. The highest BCUT2D eigenvalue weighted by molar-refractivity contribution is 9.10. The SMILES string of the molecule is COCC1CCCN1C/C=C/C(=O)Nc1ccc2ncnc(Nc3cccc(Br)c3)c2c1. The van der Waals surface area contributed by atoms with Crippen LogP contribution in [0.3, 0.4) is 0 Å². The highest BCUT2D eigenvalue weighted by atomic mass is 79.9. The number of rotatable bonds is 8. The minimum Gasteiger partial charge on any atom is -0.383 e. The Balaban J connectivity index is 1.43. The normalized spacial score (nSPS) is 16.6. The third kappa shape index (κ3) is 5.70. The minimum atomic E-state index is -0.162. The van der Waals surface area contributed by atoms with Gasteiger partial charge in [0.2, 0.25) is 5.91 Å². The van der Waals surface area contributed by atoms with E-state index in [0.29, 0.717) is 17.5 Å². The Morgan fingerprint density at radius 1 is 1.25 bits per heavy atom. The lowest BCUT2D eigenvalue weighted by atomic mass is 10.2. The summed E-state index contributed by atoms with van der Waals surface area (Å²) in [5.74, 6) is 0.517. The number of benzene rings is 2. The number of halogens is 1. The third-order valence-electron chi connectivity index (χ3n) is 5.46. The Bertz CT molecular complexity index is 1120. The number of hydrogen-bond acceptors (Lipinski definition) is 6. The van der Waals surface area contributed by atoms with Crippen molar-refractivity contribution < 1.29 is 9.53 Å². The molecule has 1 unspecified atom stereocenters. The van der Waals surface area contributed by atoms with Crippen molar-refractivity contribution in [2.75, 3.05) is 37.4 Å². The van der Waals surface area contributed by atoms with E-state index >= 15 is 0 Å². The molecule has 1 aliphatic rings. The monoisotopic (exact) mass is 495 g/mol. The van der Waals surface area contributed by atoms with Gasteiger partial charge in [0.05, 0.1) is 12.1 Å². The van der Waals surface area contributed by atoms with Gasteiger partial charge < -0.3 is 15.4 Å². The molecule has 0 radical (unpaired) electrons. The average Bonchev–Trinajstić information content (AvgIpc) is 3.21. The summed E-state index contributed by atoms with van der Waals surface area (Å²) in [6.45, 7) is 2.52. The van der Waals surface area contributed by atoms with Gasteiger partial charge in [0.15, 0.2) is 0 Å². The van der Waals surface area contributed by atoms with Crippen LogP contribution in [0.5, 0.6) is 0 Å². The number of carbonyl (C=O) groups is 1. The zero-order valence-corrected chi connectivity index (χ0v) is 19.5. The number of carbonyl (C=O) groups excluding carboxylic acids is 1. The molecule has 2 N–H and O–H groups in total. The summed E-state index contributed by atoms with van der Waals surface area (Å²) in [5, 5.41) is 7.09. The predicted molar refractivity (Wildman–Crippen MR) is 131 cm³/mol. The van der Waals surface area contributed by atoms with E-state index in [1.807, 2.05) is 48.5 Å². The van der Waals surface area contributed by atoms with Crippen LogP contribution in [0.25, 0.3) is 10.9 Å². The second kappa shape index (κ2) is 10.7. The molecular formula is C24H26BrN5O2. The molecule has 3 aromatic rings. The zero-order chi connectivity index (χ0) is 22.3. The highest BCUT2D eigenvalue weighted by Gasteiger charge is 2.22. The van der Waals surface area contributed by atoms with Crippen molar-refractivity contribution in [3.8, 4) is 0 Å². The van der Waals surface area contributed by atoms with E-state index in [0.717, 1.165) is 47.2 Å². The summed E-state index contributed by atoms with van der Waals surface area (Å²) < 4.78 is 6.26. The number of nitrogens with zero attached hydrogens (tertiary/aromatic N) is 3. The highest BCUT2D eigenvalue weighted by Crippen LogP contribution is 2.27. The molecule has 0 saturated carbocycles. The van der Waals surface area contributed by atoms with Gasteiger partial charge >= 0.3 is 0 Å². The van der Waals surface area contributed by atoms with E-state index in [-0.39, 0.29) is 5.91 Å². The lowest BCUT2D eigenvalue weighted by Crippen LogP contribution is -2.33. The molecule has 0 spiro atoms. The van der Waals surface area contributed by atoms with Crippen molar-refractivity contribution in [1.82, 2.24) is 14.9 Å². The lowest BCUT2D eigenvalue weighted by Gasteiger charge is -2.21. The summed E-state index contributed by atoms with van der Waals surface area (Å²) in [5.41, 5.74) is 2.40. The molecule has 1 aliphatic heterocycles. The molecule has 0 aliphatic carbocycles. The molecule has 32 heavy (non-hydrogen) atoms. The first kappa shape index (κ1) is 22.4. The quantitative estimate of drug-likeness (QED) is 0.439. The number of anilines is 3. The summed E-state index contributed by atoms with van der Waals surface area (Å²) in [6, 6.07) is 13.9. The number of hydrogen-bond donors (Lipinski definition) is 2. The number of fused-ring (bicyclic) bond motifs is 1. The van der Waals surface area contributed by atoms with Crippen molar-refractivity contribution in [3.05, 3.63) is 65.4 Å². The number of amides is 1. The van der Waals surface area contributed by atoms with E-state index in [1.165, 1.54) is 12.7 Å². The Hall–Kier alpha value is -2.81. The van der Waals surface area contributed by atoms with Crippen molar-refractivity contribution in [3.63, 3.8) is 0 Å². The molecule has 1 amide bonds. The van der Waals surface area contributed by atoms with E-state index in [1.54, 1.807) is 13.2 Å². The van der Waals surface area contributed by atoms with E-state index in [2.05, 4.69) is 41.4 Å². The van der Waals surface area contributed by atoms with Crippen LogP contribution >= 0.6 is 15.9 Å². The topological polar surface area (TPSA) is 79.4 Å². The summed E-state index contributed by atoms with van der Waals surface area (Å²) in [6.07, 6.45) is 7.34. The van der Waals surface area contributed by atoms with Crippen LogP contribution < -0.4 is 10.6 Å². The van der Waals surface area contributed by atoms with Crippen LogP contribution in [-0.2, 0) is 9.53 Å². The number of likely N-dealkylation sites (tertiary alicyclic amines) is 1. The summed E-state index contributed by atoms with van der Waals surface area (Å²) >= 11 is 3.48. The van der Waals surface area contributed by atoms with Gasteiger partial charge in [-0.25, -0.2) is 9.97 Å². The number of nitrogens with one attached hydrogen (secondary N) is 2. The maximum Gasteiger partial charge on any atom is 0.248 e. The standard InChI is InChI=1S/C24H26BrN5O2/c1-32-15-20-7-3-11-30(20)12-4-8-23(31)28-19-9-10-22-21(14-19)24(27-16-26-22)29-18-6-2-5-17(25)13-18/h2,4-6,8-10,13-14,16,20H,3,7,11-12,15H2,1H3,(H,28,31)(H,26,27,29)/b8-4+. The fraction of sp³-hybridized carbons (Fsp3) is 0.292. The molecule has 8 heteroatoms. The van der Waals surface area contributed by atoms with Crippen LogP contribution in [0.2, 0.25) is 0 Å². The van der Waals surface area contributed by atoms with Crippen molar-refractivity contribution in [2.45, 2.75) is 18.9 Å². The summed E-state index contributed by atoms with van der Waals surface area (Å²) in [7, 11) is 1.73. The summed E-state index contributed by atoms with van der Waals surface area (Å²) in [4.78, 5) is 23.5. The fourth-order valence-corrected chi connectivity index (χ4v) is 4.33. The van der Waals surface area contributed by atoms with Gasteiger partial charge in [-0.3, -0.25) is 9.69 Å². The van der Waals surface area contributed by atoms with Gasteiger partial charge in [-0.15, -0.1) is 0 Å². The molecule has 1 aromatic heterocycles. The maximum absolute atomic E-state index is 12.4. The van der Waals surface area contributed by atoms with Gasteiger partial charge in [0, 0.05) is 47.0 Å². The molecule has 1 saturated heterocycles. The molecule has 1 atom stereocenters. The number of aromatic nitrogens is 2. The molecule has 2 heterocycles. The lowest BCUT2D eigenvalue weighted by molar-refractivity contribution is -0.111. The third-order valence-corrected chi connectivity index (χ3v) is 5.95. The molecule has 4 rings (SSSR count). The second-order valence-corrected chi connectivity index (χ2v) is 8.64. The Labute approximate surface area is 196 Å². The largest absolute Gasteiger partial charge is 0.383 e. The number of methoxy groups -OCH3 is 1. The second-order valence-electron chi connectivity index (χ2n) is 7.73. The van der Waals surface area contributed by atoms with Crippen LogP contribution in [0.15, 0.2) is 65.4 Å². The molecular weight excluding hydrogens is 470 g/mol. The zero-order valence-electron chi connectivity index (χ0n) is 17.9. The number of ether oxygens (including phenoxy) is 1. The van der Waals surface area contributed by atoms with Crippen LogP contribution in [-0.4, -0.2) is 53.6 Å².